The Bertz CT molecular complexity index is 882. The number of fused-ring (bicyclic) bond motifs is 1. The number of aromatic hydroxyl groups is 1. The van der Waals surface area contributed by atoms with E-state index < -0.39 is 0 Å². The van der Waals surface area contributed by atoms with Crippen LogP contribution in [0.15, 0.2) is 24.3 Å². The fourth-order valence-corrected chi connectivity index (χ4v) is 4.16. The quantitative estimate of drug-likeness (QED) is 0.498. The van der Waals surface area contributed by atoms with Crippen molar-refractivity contribution in [2.45, 2.75) is 97.2 Å². The summed E-state index contributed by atoms with van der Waals surface area (Å²) in [6.07, 6.45) is 7.64. The lowest BCUT2D eigenvalue weighted by Gasteiger charge is -2.26. The average molecular weight is 427 g/mol. The van der Waals surface area contributed by atoms with Gasteiger partial charge in [-0.15, -0.1) is 0 Å². The summed E-state index contributed by atoms with van der Waals surface area (Å²) in [4.78, 5) is 12.7. The van der Waals surface area contributed by atoms with Crippen LogP contribution in [-0.2, 0) is 24.9 Å². The summed E-state index contributed by atoms with van der Waals surface area (Å²) >= 11 is 0. The van der Waals surface area contributed by atoms with E-state index in [2.05, 4.69) is 49.1 Å². The number of hydrogen-bond donors (Lipinski definition) is 3. The zero-order valence-electron chi connectivity index (χ0n) is 19.5. The van der Waals surface area contributed by atoms with Crippen molar-refractivity contribution in [3.8, 4) is 5.75 Å². The van der Waals surface area contributed by atoms with Gasteiger partial charge >= 0.3 is 6.03 Å². The van der Waals surface area contributed by atoms with Gasteiger partial charge in [-0.3, -0.25) is 4.68 Å². The summed E-state index contributed by atoms with van der Waals surface area (Å²) in [7, 11) is 0. The average Bonchev–Trinajstić information content (AvgIpc) is 3.14. The van der Waals surface area contributed by atoms with E-state index in [0.717, 1.165) is 49.2 Å². The fourth-order valence-electron chi connectivity index (χ4n) is 4.16. The number of nitrogens with zero attached hydrogens (tertiary/aromatic N) is 2. The zero-order chi connectivity index (χ0) is 22.4. The summed E-state index contributed by atoms with van der Waals surface area (Å²) in [5, 5.41) is 20.8. The molecule has 0 bridgehead atoms. The molecule has 1 unspecified atom stereocenters. The molecular formula is C25H38N4O2. The highest BCUT2D eigenvalue weighted by Gasteiger charge is 2.23. The number of carbonyl (C=O) groups excluding carboxylic acids is 1. The van der Waals surface area contributed by atoms with Crippen LogP contribution in [0.1, 0.15) is 94.8 Å². The van der Waals surface area contributed by atoms with Gasteiger partial charge in [-0.25, -0.2) is 4.79 Å². The Morgan fingerprint density at radius 1 is 1.23 bits per heavy atom. The molecule has 1 aliphatic carbocycles. The van der Waals surface area contributed by atoms with Crippen LogP contribution in [0.2, 0.25) is 0 Å². The second kappa shape index (κ2) is 10.2. The number of aromatic nitrogens is 2. The molecule has 1 atom stereocenters. The first kappa shape index (κ1) is 23.2. The number of carbonyl (C=O) groups is 1. The molecule has 1 heterocycles. The normalized spacial score (nSPS) is 16.1. The summed E-state index contributed by atoms with van der Waals surface area (Å²) < 4.78 is 2.06. The van der Waals surface area contributed by atoms with E-state index in [1.54, 1.807) is 12.1 Å². The van der Waals surface area contributed by atoms with Gasteiger partial charge in [-0.1, -0.05) is 53.0 Å². The molecule has 170 valence electrons. The molecule has 0 saturated heterocycles. The van der Waals surface area contributed by atoms with Crippen LogP contribution in [0.4, 0.5) is 4.79 Å². The van der Waals surface area contributed by atoms with E-state index in [4.69, 9.17) is 5.10 Å². The highest BCUT2D eigenvalue weighted by Crippen LogP contribution is 2.32. The largest absolute Gasteiger partial charge is 0.508 e. The maximum absolute atomic E-state index is 12.7. The third-order valence-corrected chi connectivity index (χ3v) is 6.03. The fraction of sp³-hybridized carbons (Fsp3) is 0.600. The van der Waals surface area contributed by atoms with Crippen molar-refractivity contribution in [2.75, 3.05) is 0 Å². The lowest BCUT2D eigenvalue weighted by atomic mass is 9.87. The molecular weight excluding hydrogens is 388 g/mol. The molecule has 3 rings (SSSR count). The Labute approximate surface area is 186 Å². The van der Waals surface area contributed by atoms with Crippen LogP contribution in [-0.4, -0.2) is 20.9 Å². The van der Waals surface area contributed by atoms with Gasteiger partial charge in [0.15, 0.2) is 0 Å². The van der Waals surface area contributed by atoms with E-state index in [0.29, 0.717) is 6.54 Å². The molecule has 2 aromatic rings. The smallest absolute Gasteiger partial charge is 0.315 e. The Hall–Kier alpha value is -2.50. The van der Waals surface area contributed by atoms with Gasteiger partial charge in [0.25, 0.3) is 0 Å². The minimum absolute atomic E-state index is 0.0283. The van der Waals surface area contributed by atoms with E-state index in [9.17, 15) is 9.90 Å². The highest BCUT2D eigenvalue weighted by atomic mass is 16.3. The number of amides is 2. The molecule has 0 spiro atoms. The number of phenols is 1. The highest BCUT2D eigenvalue weighted by molar-refractivity contribution is 5.74. The molecule has 0 saturated carbocycles. The monoisotopic (exact) mass is 426 g/mol. The van der Waals surface area contributed by atoms with Crippen molar-refractivity contribution in [2.24, 2.45) is 0 Å². The minimum Gasteiger partial charge on any atom is -0.508 e. The van der Waals surface area contributed by atoms with Crippen LogP contribution >= 0.6 is 0 Å². The second-order valence-corrected chi connectivity index (χ2v) is 9.71. The van der Waals surface area contributed by atoms with E-state index in [1.165, 1.54) is 24.8 Å². The number of aryl methyl sites for hydroxylation is 2. The number of hydrogen-bond acceptors (Lipinski definition) is 3. The van der Waals surface area contributed by atoms with Crippen molar-refractivity contribution in [1.29, 1.82) is 0 Å². The maximum atomic E-state index is 12.7. The number of nitrogens with one attached hydrogen (secondary N) is 2. The van der Waals surface area contributed by atoms with Crippen LogP contribution in [0.5, 0.6) is 5.75 Å². The maximum Gasteiger partial charge on any atom is 0.315 e. The van der Waals surface area contributed by atoms with Crippen LogP contribution in [0, 0.1) is 0 Å². The van der Waals surface area contributed by atoms with Crippen molar-refractivity contribution in [1.82, 2.24) is 20.4 Å². The third-order valence-electron chi connectivity index (χ3n) is 6.03. The SMILES string of the molecule is CCCCCCn1nc(C(C)(C)C)cc1CNC(=O)NC1CCCc2ccc(O)cc21. The summed E-state index contributed by atoms with van der Waals surface area (Å²) in [6, 6.07) is 7.32. The lowest BCUT2D eigenvalue weighted by Crippen LogP contribution is -2.39. The summed E-state index contributed by atoms with van der Waals surface area (Å²) in [5.41, 5.74) is 4.29. The standard InChI is InChI=1S/C25H38N4O2/c1-5-6-7-8-14-29-19(15-23(28-29)25(2,3)4)17-26-24(31)27-22-11-9-10-18-12-13-20(30)16-21(18)22/h12-13,15-16,22,30H,5-11,14,17H2,1-4H3,(H2,26,27,31). The number of urea groups is 1. The molecule has 6 heteroatoms. The van der Waals surface area contributed by atoms with Gasteiger partial charge in [-0.05, 0) is 55.0 Å². The van der Waals surface area contributed by atoms with Crippen molar-refractivity contribution in [3.63, 3.8) is 0 Å². The molecule has 3 N–H and O–H groups in total. The molecule has 1 aromatic heterocycles. The van der Waals surface area contributed by atoms with Gasteiger partial charge in [0.05, 0.1) is 24.0 Å². The van der Waals surface area contributed by atoms with Gasteiger partial charge in [0.2, 0.25) is 0 Å². The van der Waals surface area contributed by atoms with Gasteiger partial charge in [-0.2, -0.15) is 5.10 Å². The minimum atomic E-state index is -0.183. The van der Waals surface area contributed by atoms with Gasteiger partial charge in [0, 0.05) is 12.0 Å². The van der Waals surface area contributed by atoms with E-state index in [-0.39, 0.29) is 23.2 Å². The summed E-state index contributed by atoms with van der Waals surface area (Å²) in [6.45, 7) is 10.0. The molecule has 0 fully saturated rings. The first-order valence-corrected chi connectivity index (χ1v) is 11.7. The molecule has 1 aliphatic rings. The Balaban J connectivity index is 1.63. The van der Waals surface area contributed by atoms with Crippen LogP contribution < -0.4 is 10.6 Å². The van der Waals surface area contributed by atoms with Crippen LogP contribution in [0.3, 0.4) is 0 Å². The van der Waals surface area contributed by atoms with E-state index >= 15 is 0 Å². The molecule has 31 heavy (non-hydrogen) atoms. The number of benzene rings is 1. The molecule has 6 nitrogen and oxygen atoms in total. The zero-order valence-corrected chi connectivity index (χ0v) is 19.5. The Morgan fingerprint density at radius 3 is 2.77 bits per heavy atom. The number of phenolic OH excluding ortho intramolecular Hbond substituents is 1. The van der Waals surface area contributed by atoms with Gasteiger partial charge in [0.1, 0.15) is 5.75 Å². The van der Waals surface area contributed by atoms with Gasteiger partial charge < -0.3 is 15.7 Å². The Kier molecular flexibility index (Phi) is 7.63. The Morgan fingerprint density at radius 2 is 2.03 bits per heavy atom. The predicted molar refractivity (Wildman–Crippen MR) is 124 cm³/mol. The van der Waals surface area contributed by atoms with Crippen LogP contribution in [0.25, 0.3) is 0 Å². The van der Waals surface area contributed by atoms with Crippen molar-refractivity contribution >= 4 is 6.03 Å². The number of unbranched alkanes of at least 4 members (excludes halogenated alkanes) is 3. The summed E-state index contributed by atoms with van der Waals surface area (Å²) in [5.74, 6) is 0.245. The second-order valence-electron chi connectivity index (χ2n) is 9.71. The first-order valence-electron chi connectivity index (χ1n) is 11.7. The third kappa shape index (κ3) is 6.25. The van der Waals surface area contributed by atoms with Crippen molar-refractivity contribution < 1.29 is 9.90 Å². The first-order chi connectivity index (χ1) is 14.8. The molecule has 1 aromatic carbocycles. The lowest BCUT2D eigenvalue weighted by molar-refractivity contribution is 0.234. The predicted octanol–water partition coefficient (Wildman–Crippen LogP) is 5.34. The van der Waals surface area contributed by atoms with E-state index in [1.807, 2.05) is 6.07 Å². The number of rotatable bonds is 8. The molecule has 0 radical (unpaired) electrons. The topological polar surface area (TPSA) is 79.2 Å². The van der Waals surface area contributed by atoms with Crippen molar-refractivity contribution in [3.05, 3.63) is 46.8 Å². The molecule has 0 aliphatic heterocycles. The molecule has 2 amide bonds.